The molecule has 2 nitrogen and oxygen atoms in total. The van der Waals surface area contributed by atoms with Gasteiger partial charge in [0, 0.05) is 5.69 Å². The van der Waals surface area contributed by atoms with Crippen molar-refractivity contribution in [1.29, 1.82) is 0 Å². The molecular weight excluding hydrogens is 174 g/mol. The molecule has 1 aromatic rings. The second kappa shape index (κ2) is 3.60. The highest BCUT2D eigenvalue weighted by Gasteiger charge is 2.21. The van der Waals surface area contributed by atoms with Gasteiger partial charge in [-0.15, -0.1) is 0 Å². The number of carbonyl (C=O) groups is 1. The molecule has 76 valence electrons. The monoisotopic (exact) mass is 191 g/mol. The zero-order chi connectivity index (χ0) is 10.1. The first kappa shape index (κ1) is 9.50. The topological polar surface area (TPSA) is 32.9 Å². The van der Waals surface area contributed by atoms with Gasteiger partial charge in [-0.05, 0) is 42.7 Å². The quantitative estimate of drug-likeness (QED) is 0.716. The minimum Gasteiger partial charge on any atom is -0.356 e. The predicted octanol–water partition coefficient (Wildman–Crippen LogP) is 2.83. The Morgan fingerprint density at radius 2 is 2.00 bits per heavy atom. The van der Waals surface area contributed by atoms with Crippen molar-refractivity contribution in [2.75, 3.05) is 0 Å². The molecule has 1 heterocycles. The van der Waals surface area contributed by atoms with E-state index in [1.807, 2.05) is 0 Å². The molecule has 0 bridgehead atoms. The zero-order valence-electron chi connectivity index (χ0n) is 8.89. The van der Waals surface area contributed by atoms with Crippen molar-refractivity contribution in [3.05, 3.63) is 22.5 Å². The van der Waals surface area contributed by atoms with Gasteiger partial charge in [0.05, 0.1) is 5.69 Å². The molecule has 2 heteroatoms. The molecule has 0 aromatic carbocycles. The molecule has 2 rings (SSSR count). The van der Waals surface area contributed by atoms with E-state index in [-0.39, 0.29) is 0 Å². The normalized spacial score (nSPS) is 15.6. The van der Waals surface area contributed by atoms with Crippen LogP contribution in [0.4, 0.5) is 0 Å². The zero-order valence-corrected chi connectivity index (χ0v) is 8.89. The van der Waals surface area contributed by atoms with Crippen LogP contribution >= 0.6 is 0 Å². The highest BCUT2D eigenvalue weighted by molar-refractivity contribution is 5.76. The lowest BCUT2D eigenvalue weighted by molar-refractivity contribution is 0.111. The van der Waals surface area contributed by atoms with E-state index in [2.05, 4.69) is 18.8 Å². The second-order valence-electron chi connectivity index (χ2n) is 4.39. The molecular formula is C12H17NO. The molecule has 0 spiro atoms. The largest absolute Gasteiger partial charge is 0.356 e. The number of aldehydes is 1. The molecule has 0 fully saturated rings. The molecule has 1 aromatic heterocycles. The van der Waals surface area contributed by atoms with Gasteiger partial charge in [-0.25, -0.2) is 0 Å². The SMILES string of the molecule is CC(C)c1c(C=O)[nH]c2c1CCCC2. The molecule has 0 amide bonds. The van der Waals surface area contributed by atoms with Crippen molar-refractivity contribution in [3.8, 4) is 0 Å². The van der Waals surface area contributed by atoms with Crippen LogP contribution in [0, 0.1) is 0 Å². The molecule has 0 aliphatic heterocycles. The number of H-pyrrole nitrogens is 1. The van der Waals surface area contributed by atoms with Gasteiger partial charge >= 0.3 is 0 Å². The molecule has 1 aliphatic carbocycles. The van der Waals surface area contributed by atoms with Crippen LogP contribution in [0.25, 0.3) is 0 Å². The maximum Gasteiger partial charge on any atom is 0.166 e. The fourth-order valence-electron chi connectivity index (χ4n) is 2.49. The van der Waals surface area contributed by atoms with Crippen molar-refractivity contribution in [2.45, 2.75) is 45.4 Å². The number of aromatic nitrogens is 1. The van der Waals surface area contributed by atoms with Crippen molar-refractivity contribution in [2.24, 2.45) is 0 Å². The van der Waals surface area contributed by atoms with E-state index in [4.69, 9.17) is 0 Å². The Bertz CT molecular complexity index is 349. The third kappa shape index (κ3) is 1.39. The van der Waals surface area contributed by atoms with Crippen molar-refractivity contribution < 1.29 is 4.79 Å². The third-order valence-corrected chi connectivity index (χ3v) is 3.06. The first-order valence-electron chi connectivity index (χ1n) is 5.42. The summed E-state index contributed by atoms with van der Waals surface area (Å²) in [6, 6.07) is 0. The summed E-state index contributed by atoms with van der Waals surface area (Å²) < 4.78 is 0. The van der Waals surface area contributed by atoms with Gasteiger partial charge in [-0.3, -0.25) is 4.79 Å². The van der Waals surface area contributed by atoms with Crippen LogP contribution in [0.3, 0.4) is 0 Å². The van der Waals surface area contributed by atoms with Crippen molar-refractivity contribution in [3.63, 3.8) is 0 Å². The Balaban J connectivity index is 2.53. The molecule has 0 atom stereocenters. The van der Waals surface area contributed by atoms with E-state index >= 15 is 0 Å². The summed E-state index contributed by atoms with van der Waals surface area (Å²) in [5.74, 6) is 0.452. The van der Waals surface area contributed by atoms with Crippen LogP contribution in [-0.2, 0) is 12.8 Å². The van der Waals surface area contributed by atoms with Gasteiger partial charge in [0.1, 0.15) is 0 Å². The Morgan fingerprint density at radius 1 is 1.29 bits per heavy atom. The van der Waals surface area contributed by atoms with Crippen LogP contribution in [0.1, 0.15) is 59.9 Å². The van der Waals surface area contributed by atoms with Gasteiger partial charge in [0.15, 0.2) is 6.29 Å². The Hall–Kier alpha value is -1.05. The number of fused-ring (bicyclic) bond motifs is 1. The average Bonchev–Trinajstić information content (AvgIpc) is 2.55. The van der Waals surface area contributed by atoms with E-state index in [1.54, 1.807) is 0 Å². The molecule has 0 radical (unpaired) electrons. The number of hydrogen-bond donors (Lipinski definition) is 1. The van der Waals surface area contributed by atoms with E-state index in [9.17, 15) is 4.79 Å². The number of nitrogens with one attached hydrogen (secondary N) is 1. The molecule has 14 heavy (non-hydrogen) atoms. The summed E-state index contributed by atoms with van der Waals surface area (Å²) in [4.78, 5) is 14.2. The van der Waals surface area contributed by atoms with Gasteiger partial charge in [0.2, 0.25) is 0 Å². The van der Waals surface area contributed by atoms with Gasteiger partial charge in [-0.1, -0.05) is 13.8 Å². The highest BCUT2D eigenvalue weighted by Crippen LogP contribution is 2.31. The minimum atomic E-state index is 0.452. The maximum atomic E-state index is 10.9. The molecule has 1 aliphatic rings. The van der Waals surface area contributed by atoms with E-state index in [0.717, 1.165) is 24.8 Å². The standard InChI is InChI=1S/C12H17NO/c1-8(2)12-9-5-3-4-6-10(9)13-11(12)7-14/h7-8,13H,3-6H2,1-2H3. The molecule has 0 saturated carbocycles. The maximum absolute atomic E-state index is 10.9. The summed E-state index contributed by atoms with van der Waals surface area (Å²) in [6.45, 7) is 4.32. The van der Waals surface area contributed by atoms with Crippen LogP contribution in [0.2, 0.25) is 0 Å². The Morgan fingerprint density at radius 3 is 2.64 bits per heavy atom. The summed E-state index contributed by atoms with van der Waals surface area (Å²) in [7, 11) is 0. The fraction of sp³-hybridized carbons (Fsp3) is 0.583. The lowest BCUT2D eigenvalue weighted by atomic mass is 9.90. The molecule has 1 N–H and O–H groups in total. The average molecular weight is 191 g/mol. The summed E-state index contributed by atoms with van der Waals surface area (Å²) in [5, 5.41) is 0. The van der Waals surface area contributed by atoms with Gasteiger partial charge < -0.3 is 4.98 Å². The predicted molar refractivity (Wildman–Crippen MR) is 56.9 cm³/mol. The number of aromatic amines is 1. The van der Waals surface area contributed by atoms with Crippen LogP contribution in [-0.4, -0.2) is 11.3 Å². The highest BCUT2D eigenvalue weighted by atomic mass is 16.1. The Labute approximate surface area is 84.7 Å². The van der Waals surface area contributed by atoms with Crippen LogP contribution < -0.4 is 0 Å². The number of carbonyl (C=O) groups excluding carboxylic acids is 1. The smallest absolute Gasteiger partial charge is 0.166 e. The van der Waals surface area contributed by atoms with Gasteiger partial charge in [0.25, 0.3) is 0 Å². The van der Waals surface area contributed by atoms with E-state index < -0.39 is 0 Å². The summed E-state index contributed by atoms with van der Waals surface area (Å²) in [5.41, 5.74) is 4.80. The van der Waals surface area contributed by atoms with Crippen LogP contribution in [0.5, 0.6) is 0 Å². The number of hydrogen-bond acceptors (Lipinski definition) is 1. The number of rotatable bonds is 2. The van der Waals surface area contributed by atoms with Crippen molar-refractivity contribution in [1.82, 2.24) is 4.98 Å². The minimum absolute atomic E-state index is 0.452. The van der Waals surface area contributed by atoms with Crippen molar-refractivity contribution >= 4 is 6.29 Å². The second-order valence-corrected chi connectivity index (χ2v) is 4.39. The molecule has 0 unspecified atom stereocenters. The van der Waals surface area contributed by atoms with E-state index in [1.165, 1.54) is 29.7 Å². The van der Waals surface area contributed by atoms with E-state index in [0.29, 0.717) is 5.92 Å². The summed E-state index contributed by atoms with van der Waals surface area (Å²) in [6.07, 6.45) is 5.75. The van der Waals surface area contributed by atoms with Crippen LogP contribution in [0.15, 0.2) is 0 Å². The molecule has 0 saturated heterocycles. The number of aryl methyl sites for hydroxylation is 1. The van der Waals surface area contributed by atoms with Gasteiger partial charge in [-0.2, -0.15) is 0 Å². The first-order valence-corrected chi connectivity index (χ1v) is 5.42. The first-order chi connectivity index (χ1) is 6.74. The lowest BCUT2D eigenvalue weighted by Gasteiger charge is -2.14. The lowest BCUT2D eigenvalue weighted by Crippen LogP contribution is -2.03. The Kier molecular flexibility index (Phi) is 2.44. The summed E-state index contributed by atoms with van der Waals surface area (Å²) >= 11 is 0. The third-order valence-electron chi connectivity index (χ3n) is 3.06. The fourth-order valence-corrected chi connectivity index (χ4v) is 2.49.